The maximum absolute atomic E-state index is 8.36. The summed E-state index contributed by atoms with van der Waals surface area (Å²) in [5, 5.41) is 17.8. The monoisotopic (exact) mass is 421 g/mol. The zero-order valence-electron chi connectivity index (χ0n) is 17.7. The Morgan fingerprint density at radius 3 is 2.40 bits per heavy atom. The molecular formula is C21H31N3O6. The van der Waals surface area contributed by atoms with Crippen LogP contribution in [0.25, 0.3) is 0 Å². The van der Waals surface area contributed by atoms with E-state index in [1.807, 2.05) is 6.07 Å². The minimum atomic E-state index is -0.250. The van der Waals surface area contributed by atoms with Crippen LogP contribution in [-0.4, -0.2) is 65.4 Å². The topological polar surface area (TPSA) is 116 Å². The van der Waals surface area contributed by atoms with Gasteiger partial charge in [-0.1, -0.05) is 11.2 Å². The van der Waals surface area contributed by atoms with E-state index in [-0.39, 0.29) is 19.0 Å². The fourth-order valence-electron chi connectivity index (χ4n) is 3.32. The molecule has 0 bridgehead atoms. The first kappa shape index (κ1) is 25.1. The molecule has 1 aromatic heterocycles. The van der Waals surface area contributed by atoms with Crippen molar-refractivity contribution >= 4 is 12.9 Å². The van der Waals surface area contributed by atoms with Crippen LogP contribution in [0.4, 0.5) is 0 Å². The summed E-state index contributed by atoms with van der Waals surface area (Å²) in [4.78, 5) is 21.5. The summed E-state index contributed by atoms with van der Waals surface area (Å²) in [5.41, 5.74) is 3.53. The normalized spacial score (nSPS) is 14.1. The zero-order valence-corrected chi connectivity index (χ0v) is 17.7. The maximum Gasteiger partial charge on any atom is 0.290 e. The second-order valence-electron chi connectivity index (χ2n) is 6.86. The van der Waals surface area contributed by atoms with Gasteiger partial charge in [0, 0.05) is 24.7 Å². The van der Waals surface area contributed by atoms with Gasteiger partial charge in [-0.25, -0.2) is 0 Å². The van der Waals surface area contributed by atoms with Gasteiger partial charge in [0.05, 0.1) is 13.2 Å². The predicted octanol–water partition coefficient (Wildman–Crippen LogP) is 2.87. The molecule has 1 atom stereocenters. The van der Waals surface area contributed by atoms with Gasteiger partial charge in [-0.15, -0.1) is 0 Å². The zero-order chi connectivity index (χ0) is 22.4. The molecule has 2 N–H and O–H groups in total. The van der Waals surface area contributed by atoms with Gasteiger partial charge in [0.1, 0.15) is 17.7 Å². The molecule has 1 aliphatic heterocycles. The van der Waals surface area contributed by atoms with Crippen molar-refractivity contribution in [1.82, 2.24) is 15.0 Å². The highest BCUT2D eigenvalue weighted by atomic mass is 16.5. The third-order valence-electron chi connectivity index (χ3n) is 4.92. The van der Waals surface area contributed by atoms with E-state index in [4.69, 9.17) is 29.1 Å². The van der Waals surface area contributed by atoms with E-state index in [0.717, 1.165) is 24.5 Å². The summed E-state index contributed by atoms with van der Waals surface area (Å²) in [7, 11) is 3.87. The van der Waals surface area contributed by atoms with Crippen molar-refractivity contribution in [3.63, 3.8) is 0 Å². The van der Waals surface area contributed by atoms with E-state index in [1.54, 1.807) is 13.4 Å². The summed E-state index contributed by atoms with van der Waals surface area (Å²) in [5.74, 6) is 0.984. The highest BCUT2D eigenvalue weighted by Crippen LogP contribution is 2.25. The molecule has 3 rings (SSSR count). The van der Waals surface area contributed by atoms with Gasteiger partial charge >= 0.3 is 0 Å². The predicted molar refractivity (Wildman–Crippen MR) is 111 cm³/mol. The van der Waals surface area contributed by atoms with Crippen LogP contribution in [0.2, 0.25) is 0 Å². The number of rotatable bonds is 7. The highest BCUT2D eigenvalue weighted by Gasteiger charge is 2.17. The van der Waals surface area contributed by atoms with Crippen molar-refractivity contribution in [3.05, 3.63) is 47.3 Å². The third kappa shape index (κ3) is 8.22. The fraction of sp³-hybridized carbons (Fsp3) is 0.476. The Kier molecular flexibility index (Phi) is 11.8. The summed E-state index contributed by atoms with van der Waals surface area (Å²) < 4.78 is 10.5. The molecule has 0 aliphatic carbocycles. The molecule has 2 aromatic rings. The number of ether oxygens (including phenoxy) is 1. The van der Waals surface area contributed by atoms with Gasteiger partial charge < -0.3 is 19.5 Å². The maximum atomic E-state index is 8.36. The molecule has 166 valence electrons. The first-order chi connectivity index (χ1) is 14.5. The second kappa shape index (κ2) is 14.1. The Bertz CT molecular complexity index is 726. The third-order valence-corrected chi connectivity index (χ3v) is 4.92. The molecule has 2 heterocycles. The molecule has 1 fully saturated rings. The van der Waals surface area contributed by atoms with E-state index in [9.17, 15) is 0 Å². The Hall–Kier alpha value is -2.91. The molecule has 0 radical (unpaired) electrons. The number of benzene rings is 1. The van der Waals surface area contributed by atoms with Gasteiger partial charge in [0.15, 0.2) is 0 Å². The SMILES string of the molecule is COc1ccc(CN(C)C(C)c2ccon2)cc1CN1CCCC1.O=CO.O=CO. The molecule has 1 unspecified atom stereocenters. The van der Waals surface area contributed by atoms with Crippen molar-refractivity contribution in [1.29, 1.82) is 0 Å². The van der Waals surface area contributed by atoms with Crippen LogP contribution in [0.5, 0.6) is 5.75 Å². The van der Waals surface area contributed by atoms with Crippen molar-refractivity contribution in [2.75, 3.05) is 27.2 Å². The first-order valence-electron chi connectivity index (χ1n) is 9.65. The number of nitrogens with zero attached hydrogens (tertiary/aromatic N) is 3. The molecule has 1 aliphatic rings. The molecule has 1 saturated heterocycles. The van der Waals surface area contributed by atoms with Gasteiger partial charge in [0.2, 0.25) is 0 Å². The Morgan fingerprint density at radius 2 is 1.87 bits per heavy atom. The molecule has 0 saturated carbocycles. The average Bonchev–Trinajstić information content (AvgIpc) is 3.43. The van der Waals surface area contributed by atoms with Crippen LogP contribution in [0, 0.1) is 0 Å². The van der Waals surface area contributed by atoms with Gasteiger partial charge in [-0.05, 0) is 57.6 Å². The smallest absolute Gasteiger partial charge is 0.290 e. The van der Waals surface area contributed by atoms with Crippen LogP contribution >= 0.6 is 0 Å². The highest BCUT2D eigenvalue weighted by molar-refractivity contribution is 5.37. The molecule has 0 amide bonds. The second-order valence-corrected chi connectivity index (χ2v) is 6.86. The van der Waals surface area contributed by atoms with Crippen molar-refractivity contribution in [2.24, 2.45) is 0 Å². The van der Waals surface area contributed by atoms with Crippen LogP contribution in [0.15, 0.2) is 35.1 Å². The number of hydrogen-bond donors (Lipinski definition) is 2. The minimum Gasteiger partial charge on any atom is -0.496 e. The van der Waals surface area contributed by atoms with Crippen LogP contribution in [0.3, 0.4) is 0 Å². The lowest BCUT2D eigenvalue weighted by Crippen LogP contribution is -2.22. The van der Waals surface area contributed by atoms with Crippen LogP contribution in [-0.2, 0) is 22.7 Å². The lowest BCUT2D eigenvalue weighted by molar-refractivity contribution is -0.123. The van der Waals surface area contributed by atoms with Gasteiger partial charge in [-0.2, -0.15) is 0 Å². The van der Waals surface area contributed by atoms with E-state index < -0.39 is 0 Å². The fourth-order valence-corrected chi connectivity index (χ4v) is 3.32. The Morgan fingerprint density at radius 1 is 1.23 bits per heavy atom. The summed E-state index contributed by atoms with van der Waals surface area (Å²) in [6.07, 6.45) is 4.24. The summed E-state index contributed by atoms with van der Waals surface area (Å²) >= 11 is 0. The lowest BCUT2D eigenvalue weighted by atomic mass is 10.1. The largest absolute Gasteiger partial charge is 0.496 e. The van der Waals surface area contributed by atoms with Crippen molar-refractivity contribution in [2.45, 2.75) is 38.9 Å². The van der Waals surface area contributed by atoms with E-state index in [1.165, 1.54) is 37.1 Å². The summed E-state index contributed by atoms with van der Waals surface area (Å²) in [6, 6.07) is 8.66. The molecule has 9 nitrogen and oxygen atoms in total. The number of aromatic nitrogens is 1. The van der Waals surface area contributed by atoms with E-state index >= 15 is 0 Å². The number of carboxylic acid groups (broad SMARTS) is 2. The number of hydrogen-bond acceptors (Lipinski definition) is 7. The molecule has 0 spiro atoms. The number of likely N-dealkylation sites (tertiary alicyclic amines) is 1. The van der Waals surface area contributed by atoms with Gasteiger partial charge in [0.25, 0.3) is 12.9 Å². The van der Waals surface area contributed by atoms with Gasteiger partial charge in [-0.3, -0.25) is 19.4 Å². The molecular weight excluding hydrogens is 390 g/mol. The molecule has 1 aromatic carbocycles. The van der Waals surface area contributed by atoms with Crippen molar-refractivity contribution < 1.29 is 29.1 Å². The minimum absolute atomic E-state index is 0.216. The number of methoxy groups -OCH3 is 1. The first-order valence-corrected chi connectivity index (χ1v) is 9.65. The Labute approximate surface area is 176 Å². The van der Waals surface area contributed by atoms with E-state index in [0.29, 0.717) is 0 Å². The standard InChI is InChI=1S/C19H27N3O2.2CH2O2/c1-15(18-8-11-24-20-18)21(2)13-16-6-7-19(23-3)17(12-16)14-22-9-4-5-10-22;2*2-1-3/h6-8,11-12,15H,4-5,9-10,13-14H2,1-3H3;2*1H,(H,2,3). The van der Waals surface area contributed by atoms with E-state index in [2.05, 4.69) is 47.1 Å². The lowest BCUT2D eigenvalue weighted by Gasteiger charge is -2.24. The Balaban J connectivity index is 0.000000672. The summed E-state index contributed by atoms with van der Waals surface area (Å²) in [6.45, 7) is 5.87. The van der Waals surface area contributed by atoms with Crippen molar-refractivity contribution in [3.8, 4) is 5.75 Å². The van der Waals surface area contributed by atoms with Crippen LogP contribution in [0.1, 0.15) is 42.6 Å². The molecule has 9 heteroatoms. The number of carbonyl (C=O) groups is 2. The quantitative estimate of drug-likeness (QED) is 0.651. The average molecular weight is 421 g/mol. The molecule has 30 heavy (non-hydrogen) atoms. The van der Waals surface area contributed by atoms with Crippen LogP contribution < -0.4 is 4.74 Å².